The molecule has 24 heavy (non-hydrogen) atoms. The molecule has 0 saturated carbocycles. The van der Waals surface area contributed by atoms with Gasteiger partial charge >= 0.3 is 0 Å². The Morgan fingerprint density at radius 1 is 1.25 bits per heavy atom. The van der Waals surface area contributed by atoms with Crippen LogP contribution in [0.15, 0.2) is 39.7 Å². The minimum Gasteiger partial charge on any atom is -0.466 e. The first-order chi connectivity index (χ1) is 11.6. The molecular weight excluding hydrogens is 300 g/mol. The van der Waals surface area contributed by atoms with Gasteiger partial charge in [-0.25, -0.2) is 0 Å². The first kappa shape index (κ1) is 17.0. The summed E-state index contributed by atoms with van der Waals surface area (Å²) in [4.78, 5) is 16.5. The normalized spacial score (nSPS) is 17.9. The predicted molar refractivity (Wildman–Crippen MR) is 96.4 cm³/mol. The van der Waals surface area contributed by atoms with Crippen molar-refractivity contribution in [3.8, 4) is 0 Å². The van der Waals surface area contributed by atoms with Crippen LogP contribution >= 0.6 is 0 Å². The van der Waals surface area contributed by atoms with Crippen molar-refractivity contribution in [2.45, 2.75) is 45.4 Å². The highest BCUT2D eigenvalue weighted by Crippen LogP contribution is 2.24. The number of aromatic nitrogens is 1. The van der Waals surface area contributed by atoms with E-state index in [1.165, 1.54) is 31.5 Å². The van der Waals surface area contributed by atoms with Crippen molar-refractivity contribution in [1.82, 2.24) is 9.88 Å². The van der Waals surface area contributed by atoms with Crippen molar-refractivity contribution >= 4 is 0 Å². The molecule has 1 aliphatic rings. The van der Waals surface area contributed by atoms with Crippen molar-refractivity contribution in [2.24, 2.45) is 5.92 Å². The summed E-state index contributed by atoms with van der Waals surface area (Å²) in [6.45, 7) is 7.76. The number of rotatable bonds is 6. The summed E-state index contributed by atoms with van der Waals surface area (Å²) in [5.74, 6) is 3.33. The third kappa shape index (κ3) is 4.60. The third-order valence-electron chi connectivity index (χ3n) is 5.21. The maximum Gasteiger partial charge on any atom is 0.247 e. The fourth-order valence-electron chi connectivity index (χ4n) is 3.55. The zero-order chi connectivity index (χ0) is 16.9. The second kappa shape index (κ2) is 7.84. The Hall–Kier alpha value is -1.81. The summed E-state index contributed by atoms with van der Waals surface area (Å²) in [5, 5.41) is 0. The molecular formula is C20H28N2O2. The van der Waals surface area contributed by atoms with Crippen LogP contribution in [0.1, 0.15) is 49.2 Å². The van der Waals surface area contributed by atoms with Crippen molar-refractivity contribution in [2.75, 3.05) is 19.6 Å². The van der Waals surface area contributed by atoms with Crippen molar-refractivity contribution < 1.29 is 4.42 Å². The van der Waals surface area contributed by atoms with Gasteiger partial charge in [0.15, 0.2) is 0 Å². The van der Waals surface area contributed by atoms with Crippen LogP contribution in [0, 0.1) is 12.8 Å². The van der Waals surface area contributed by atoms with E-state index in [-0.39, 0.29) is 5.56 Å². The molecule has 1 unspecified atom stereocenters. The second-order valence-corrected chi connectivity index (χ2v) is 7.19. The fraction of sp³-hybridized carbons (Fsp3) is 0.550. The summed E-state index contributed by atoms with van der Waals surface area (Å²) < 4.78 is 5.73. The summed E-state index contributed by atoms with van der Waals surface area (Å²) >= 11 is 0. The molecule has 0 amide bonds. The fourth-order valence-corrected chi connectivity index (χ4v) is 3.55. The molecule has 1 atom stereocenters. The van der Waals surface area contributed by atoms with Crippen LogP contribution < -0.4 is 5.56 Å². The maximum absolute atomic E-state index is 11.1. The van der Waals surface area contributed by atoms with E-state index in [9.17, 15) is 4.79 Å². The number of likely N-dealkylation sites (tertiary alicyclic amines) is 1. The van der Waals surface area contributed by atoms with Gasteiger partial charge in [0.25, 0.3) is 0 Å². The Bertz CT molecular complexity index is 675. The topological polar surface area (TPSA) is 49.2 Å². The Kier molecular flexibility index (Phi) is 5.56. The molecule has 1 aliphatic heterocycles. The molecule has 0 aromatic carbocycles. The van der Waals surface area contributed by atoms with Crippen molar-refractivity contribution in [3.63, 3.8) is 0 Å². The lowest BCUT2D eigenvalue weighted by molar-refractivity contribution is 0.178. The van der Waals surface area contributed by atoms with Gasteiger partial charge in [-0.05, 0) is 75.9 Å². The van der Waals surface area contributed by atoms with Crippen LogP contribution in [0.5, 0.6) is 0 Å². The average molecular weight is 328 g/mol. The van der Waals surface area contributed by atoms with Crippen LogP contribution in [-0.4, -0.2) is 29.5 Å². The Morgan fingerprint density at radius 2 is 2.04 bits per heavy atom. The van der Waals surface area contributed by atoms with Crippen LogP contribution in [0.25, 0.3) is 0 Å². The number of aryl methyl sites for hydroxylation is 1. The van der Waals surface area contributed by atoms with Gasteiger partial charge in [0.1, 0.15) is 11.5 Å². The van der Waals surface area contributed by atoms with E-state index in [1.807, 2.05) is 25.3 Å². The number of nitrogens with zero attached hydrogens (tertiary/aromatic N) is 1. The second-order valence-electron chi connectivity index (χ2n) is 7.19. The minimum atomic E-state index is -0.0190. The van der Waals surface area contributed by atoms with Gasteiger partial charge in [0, 0.05) is 18.2 Å². The lowest BCUT2D eigenvalue weighted by Crippen LogP contribution is -2.35. The lowest BCUT2D eigenvalue weighted by atomic mass is 9.90. The van der Waals surface area contributed by atoms with Crippen LogP contribution in [-0.2, 0) is 6.42 Å². The van der Waals surface area contributed by atoms with E-state index in [0.717, 1.165) is 36.8 Å². The van der Waals surface area contributed by atoms with Crippen LogP contribution in [0.3, 0.4) is 0 Å². The predicted octanol–water partition coefficient (Wildman–Crippen LogP) is 3.72. The third-order valence-corrected chi connectivity index (χ3v) is 5.21. The smallest absolute Gasteiger partial charge is 0.247 e. The number of furan rings is 1. The van der Waals surface area contributed by atoms with Gasteiger partial charge in [-0.2, -0.15) is 0 Å². The summed E-state index contributed by atoms with van der Waals surface area (Å²) in [6.07, 6.45) is 6.58. The number of H-pyrrole nitrogens is 1. The van der Waals surface area contributed by atoms with E-state index >= 15 is 0 Å². The molecule has 0 radical (unpaired) electrons. The Labute approximate surface area is 143 Å². The minimum absolute atomic E-state index is 0.0190. The summed E-state index contributed by atoms with van der Waals surface area (Å²) in [5.41, 5.74) is 1.23. The number of hydrogen-bond acceptors (Lipinski definition) is 3. The number of nitrogens with one attached hydrogen (secondary N) is 1. The summed E-state index contributed by atoms with van der Waals surface area (Å²) in [6, 6.07) is 7.74. The quantitative estimate of drug-likeness (QED) is 0.879. The standard InChI is InChI=1S/C20H28N2O2/c1-15(19-5-3-16(2)24-19)7-10-22-11-8-17(9-12-22)13-18-4-6-20(23)21-14-18/h3-6,14-15,17H,7-13H2,1-2H3,(H,21,23). The molecule has 0 bridgehead atoms. The molecule has 1 saturated heterocycles. The molecule has 130 valence electrons. The van der Waals surface area contributed by atoms with Gasteiger partial charge in [-0.1, -0.05) is 13.0 Å². The molecule has 2 aromatic rings. The number of hydrogen-bond donors (Lipinski definition) is 1. The maximum atomic E-state index is 11.1. The largest absolute Gasteiger partial charge is 0.466 e. The van der Waals surface area contributed by atoms with Gasteiger partial charge in [0.2, 0.25) is 5.56 Å². The van der Waals surface area contributed by atoms with Crippen LogP contribution in [0.4, 0.5) is 0 Å². The highest BCUT2D eigenvalue weighted by atomic mass is 16.3. The average Bonchev–Trinajstić information content (AvgIpc) is 3.03. The molecule has 2 aromatic heterocycles. The molecule has 3 heterocycles. The van der Waals surface area contributed by atoms with E-state index in [0.29, 0.717) is 5.92 Å². The molecule has 1 fully saturated rings. The first-order valence-corrected chi connectivity index (χ1v) is 9.06. The van der Waals surface area contributed by atoms with E-state index < -0.39 is 0 Å². The molecule has 1 N–H and O–H groups in total. The molecule has 3 rings (SSSR count). The highest BCUT2D eigenvalue weighted by molar-refractivity contribution is 5.10. The lowest BCUT2D eigenvalue weighted by Gasteiger charge is -2.32. The van der Waals surface area contributed by atoms with Gasteiger partial charge in [0.05, 0.1) is 0 Å². The number of pyridine rings is 1. The van der Waals surface area contributed by atoms with Gasteiger partial charge in [-0.3, -0.25) is 4.79 Å². The SMILES string of the molecule is Cc1ccc(C(C)CCN2CCC(Cc3ccc(=O)[nH]c3)CC2)o1. The van der Waals surface area contributed by atoms with Gasteiger partial charge in [-0.15, -0.1) is 0 Å². The highest BCUT2D eigenvalue weighted by Gasteiger charge is 2.20. The number of piperidine rings is 1. The van der Waals surface area contributed by atoms with E-state index in [2.05, 4.69) is 22.9 Å². The Balaban J connectivity index is 1.40. The zero-order valence-electron chi connectivity index (χ0n) is 14.8. The van der Waals surface area contributed by atoms with Crippen LogP contribution in [0.2, 0.25) is 0 Å². The first-order valence-electron chi connectivity index (χ1n) is 9.06. The zero-order valence-corrected chi connectivity index (χ0v) is 14.8. The van der Waals surface area contributed by atoms with Gasteiger partial charge < -0.3 is 14.3 Å². The Morgan fingerprint density at radius 3 is 2.67 bits per heavy atom. The van der Waals surface area contributed by atoms with E-state index in [1.54, 1.807) is 6.07 Å². The summed E-state index contributed by atoms with van der Waals surface area (Å²) in [7, 11) is 0. The molecule has 4 heteroatoms. The monoisotopic (exact) mass is 328 g/mol. The van der Waals surface area contributed by atoms with Crippen molar-refractivity contribution in [3.05, 3.63) is 57.9 Å². The number of aromatic amines is 1. The van der Waals surface area contributed by atoms with E-state index in [4.69, 9.17) is 4.42 Å². The molecule has 4 nitrogen and oxygen atoms in total. The van der Waals surface area contributed by atoms with Crippen molar-refractivity contribution in [1.29, 1.82) is 0 Å². The molecule has 0 spiro atoms. The molecule has 0 aliphatic carbocycles.